The molecule has 9 heteroatoms. The van der Waals surface area contributed by atoms with Gasteiger partial charge in [-0.05, 0) is 19.8 Å². The van der Waals surface area contributed by atoms with Crippen LogP contribution >= 0.6 is 0 Å². The lowest BCUT2D eigenvalue weighted by Gasteiger charge is -2.16. The lowest BCUT2D eigenvalue weighted by molar-refractivity contribution is 0.375. The molecule has 1 aromatic heterocycles. The van der Waals surface area contributed by atoms with E-state index in [0.717, 1.165) is 25.9 Å². The fraction of sp³-hybridized carbons (Fsp3) is 0.727. The Labute approximate surface area is 118 Å². The first-order valence-corrected chi connectivity index (χ1v) is 8.20. The molecule has 20 heavy (non-hydrogen) atoms. The number of hydrogen-bond acceptors (Lipinski definition) is 7. The fourth-order valence-electron chi connectivity index (χ4n) is 1.89. The van der Waals surface area contributed by atoms with Gasteiger partial charge in [-0.25, -0.2) is 13.1 Å². The second-order valence-electron chi connectivity index (χ2n) is 4.46. The molecule has 0 aliphatic carbocycles. The summed E-state index contributed by atoms with van der Waals surface area (Å²) in [6, 6.07) is 0.201. The zero-order valence-corrected chi connectivity index (χ0v) is 12.5. The smallest absolute Gasteiger partial charge is 0.321 e. The SMILES string of the molecule is CCS(=O)(=O)NCc1nc(OC)nc(N2CCCC2)n1. The number of nitrogens with zero attached hydrogens (tertiary/aromatic N) is 4. The van der Waals surface area contributed by atoms with Gasteiger partial charge >= 0.3 is 6.01 Å². The van der Waals surface area contributed by atoms with Crippen LogP contribution in [-0.2, 0) is 16.6 Å². The van der Waals surface area contributed by atoms with Crippen LogP contribution < -0.4 is 14.4 Å². The Hall–Kier alpha value is -1.48. The Balaban J connectivity index is 2.17. The van der Waals surface area contributed by atoms with Gasteiger partial charge in [0.2, 0.25) is 16.0 Å². The van der Waals surface area contributed by atoms with Crippen LogP contribution in [0.25, 0.3) is 0 Å². The van der Waals surface area contributed by atoms with Crippen molar-refractivity contribution >= 4 is 16.0 Å². The van der Waals surface area contributed by atoms with Crippen molar-refractivity contribution in [3.8, 4) is 6.01 Å². The van der Waals surface area contributed by atoms with Crippen molar-refractivity contribution in [2.24, 2.45) is 0 Å². The molecule has 0 atom stereocenters. The van der Waals surface area contributed by atoms with Gasteiger partial charge in [0, 0.05) is 13.1 Å². The lowest BCUT2D eigenvalue weighted by Crippen LogP contribution is -2.27. The standard InChI is InChI=1S/C11H19N5O3S/c1-3-20(17,18)12-8-9-13-10(15-11(14-9)19-2)16-6-4-5-7-16/h12H,3-8H2,1-2H3. The minimum atomic E-state index is -3.27. The van der Waals surface area contributed by atoms with E-state index in [-0.39, 0.29) is 18.3 Å². The van der Waals surface area contributed by atoms with Crippen LogP contribution in [0.3, 0.4) is 0 Å². The number of anilines is 1. The maximum atomic E-state index is 11.4. The van der Waals surface area contributed by atoms with Crippen molar-refractivity contribution < 1.29 is 13.2 Å². The molecule has 0 radical (unpaired) electrons. The summed E-state index contributed by atoms with van der Waals surface area (Å²) in [7, 11) is -1.80. The van der Waals surface area contributed by atoms with Gasteiger partial charge < -0.3 is 9.64 Å². The molecule has 1 aliphatic rings. The molecular weight excluding hydrogens is 282 g/mol. The molecular formula is C11H19N5O3S. The van der Waals surface area contributed by atoms with Gasteiger partial charge in [0.25, 0.3) is 0 Å². The Bertz CT molecular complexity index is 557. The molecule has 1 fully saturated rings. The third kappa shape index (κ3) is 3.76. The molecule has 1 N–H and O–H groups in total. The topological polar surface area (TPSA) is 97.3 Å². The first-order chi connectivity index (χ1) is 9.54. The highest BCUT2D eigenvalue weighted by atomic mass is 32.2. The van der Waals surface area contributed by atoms with Gasteiger partial charge in [-0.3, -0.25) is 0 Å². The molecule has 0 amide bonds. The number of nitrogens with one attached hydrogen (secondary N) is 1. The van der Waals surface area contributed by atoms with Crippen LogP contribution in [0, 0.1) is 0 Å². The second-order valence-corrected chi connectivity index (χ2v) is 6.55. The zero-order chi connectivity index (χ0) is 14.6. The highest BCUT2D eigenvalue weighted by Crippen LogP contribution is 2.17. The molecule has 1 saturated heterocycles. The summed E-state index contributed by atoms with van der Waals surface area (Å²) >= 11 is 0. The van der Waals surface area contributed by atoms with Crippen molar-refractivity contribution in [2.75, 3.05) is 30.9 Å². The van der Waals surface area contributed by atoms with E-state index in [0.29, 0.717) is 11.8 Å². The van der Waals surface area contributed by atoms with E-state index in [9.17, 15) is 8.42 Å². The largest absolute Gasteiger partial charge is 0.467 e. The van der Waals surface area contributed by atoms with Gasteiger partial charge in [-0.1, -0.05) is 0 Å². The number of hydrogen-bond donors (Lipinski definition) is 1. The van der Waals surface area contributed by atoms with Crippen LogP contribution in [0.15, 0.2) is 0 Å². The molecule has 8 nitrogen and oxygen atoms in total. The molecule has 0 spiro atoms. The predicted molar refractivity (Wildman–Crippen MR) is 74.1 cm³/mol. The van der Waals surface area contributed by atoms with Crippen molar-refractivity contribution in [2.45, 2.75) is 26.3 Å². The number of methoxy groups -OCH3 is 1. The minimum absolute atomic E-state index is 0.0220. The minimum Gasteiger partial charge on any atom is -0.467 e. The molecule has 0 unspecified atom stereocenters. The van der Waals surface area contributed by atoms with Crippen molar-refractivity contribution in [3.63, 3.8) is 0 Å². The van der Waals surface area contributed by atoms with E-state index < -0.39 is 10.0 Å². The zero-order valence-electron chi connectivity index (χ0n) is 11.7. The van der Waals surface area contributed by atoms with Crippen LogP contribution in [0.5, 0.6) is 6.01 Å². The average Bonchev–Trinajstić information content (AvgIpc) is 2.99. The summed E-state index contributed by atoms with van der Waals surface area (Å²) < 4.78 is 30.4. The van der Waals surface area contributed by atoms with E-state index in [4.69, 9.17) is 4.74 Å². The summed E-state index contributed by atoms with van der Waals surface area (Å²) in [5.74, 6) is 0.921. The van der Waals surface area contributed by atoms with Crippen LogP contribution in [0.1, 0.15) is 25.6 Å². The summed E-state index contributed by atoms with van der Waals surface area (Å²) in [5, 5.41) is 0. The van der Waals surface area contributed by atoms with E-state index >= 15 is 0 Å². The molecule has 0 bridgehead atoms. The monoisotopic (exact) mass is 301 g/mol. The summed E-state index contributed by atoms with van der Waals surface area (Å²) in [6.45, 7) is 3.41. The normalized spacial score (nSPS) is 15.6. The van der Waals surface area contributed by atoms with Crippen LogP contribution in [-0.4, -0.2) is 49.3 Å². The van der Waals surface area contributed by atoms with Gasteiger partial charge in [-0.15, -0.1) is 0 Å². The number of rotatable bonds is 6. The van der Waals surface area contributed by atoms with Crippen molar-refractivity contribution in [1.82, 2.24) is 19.7 Å². The number of aromatic nitrogens is 3. The quantitative estimate of drug-likeness (QED) is 0.784. The molecule has 1 aliphatic heterocycles. The van der Waals surface area contributed by atoms with E-state index in [1.54, 1.807) is 6.92 Å². The molecule has 0 saturated carbocycles. The molecule has 1 aromatic rings. The first kappa shape index (κ1) is 14.9. The highest BCUT2D eigenvalue weighted by molar-refractivity contribution is 7.89. The van der Waals surface area contributed by atoms with E-state index in [2.05, 4.69) is 19.7 Å². The van der Waals surface area contributed by atoms with E-state index in [1.807, 2.05) is 4.90 Å². The summed E-state index contributed by atoms with van der Waals surface area (Å²) in [5.41, 5.74) is 0. The van der Waals surface area contributed by atoms with Gasteiger partial charge in [0.15, 0.2) is 5.82 Å². The molecule has 2 heterocycles. The number of sulfonamides is 1. The maximum Gasteiger partial charge on any atom is 0.321 e. The van der Waals surface area contributed by atoms with Crippen LogP contribution in [0.2, 0.25) is 0 Å². The van der Waals surface area contributed by atoms with Gasteiger partial charge in [0.05, 0.1) is 19.4 Å². The Morgan fingerprint density at radius 3 is 2.55 bits per heavy atom. The maximum absolute atomic E-state index is 11.4. The third-order valence-electron chi connectivity index (χ3n) is 3.05. The van der Waals surface area contributed by atoms with Gasteiger partial charge in [0.1, 0.15) is 0 Å². The van der Waals surface area contributed by atoms with Gasteiger partial charge in [-0.2, -0.15) is 15.0 Å². The van der Waals surface area contributed by atoms with E-state index in [1.165, 1.54) is 7.11 Å². The second kappa shape index (κ2) is 6.31. The Morgan fingerprint density at radius 2 is 1.95 bits per heavy atom. The summed E-state index contributed by atoms with van der Waals surface area (Å²) in [4.78, 5) is 14.6. The Kier molecular flexibility index (Phi) is 4.71. The highest BCUT2D eigenvalue weighted by Gasteiger charge is 2.18. The van der Waals surface area contributed by atoms with Crippen molar-refractivity contribution in [1.29, 1.82) is 0 Å². The summed E-state index contributed by atoms with van der Waals surface area (Å²) in [6.07, 6.45) is 2.21. The van der Waals surface area contributed by atoms with Crippen molar-refractivity contribution in [3.05, 3.63) is 5.82 Å². The number of ether oxygens (including phenoxy) is 1. The predicted octanol–water partition coefficient (Wildman–Crippen LogP) is -0.0803. The average molecular weight is 301 g/mol. The Morgan fingerprint density at radius 1 is 1.25 bits per heavy atom. The fourth-order valence-corrected chi connectivity index (χ4v) is 2.44. The molecule has 0 aromatic carbocycles. The first-order valence-electron chi connectivity index (χ1n) is 6.55. The third-order valence-corrected chi connectivity index (χ3v) is 4.40. The molecule has 112 valence electrons. The lowest BCUT2D eigenvalue weighted by atomic mass is 10.4. The van der Waals surface area contributed by atoms with Crippen LogP contribution in [0.4, 0.5) is 5.95 Å². The molecule has 2 rings (SSSR count).